The van der Waals surface area contributed by atoms with Crippen molar-refractivity contribution in [3.63, 3.8) is 0 Å². The van der Waals surface area contributed by atoms with Crippen molar-refractivity contribution in [2.45, 2.75) is 32.6 Å². The Morgan fingerprint density at radius 3 is 2.17 bits per heavy atom. The van der Waals surface area contributed by atoms with Crippen LogP contribution in [-0.4, -0.2) is 10.8 Å². The maximum atomic E-state index is 11.8. The normalized spacial score (nSPS) is 12.7. The average molecular weight is 328 g/mol. The number of benzene rings is 2. The summed E-state index contributed by atoms with van der Waals surface area (Å²) in [4.78, 5) is 0.564. The van der Waals surface area contributed by atoms with E-state index in [0.717, 1.165) is 22.5 Å². The lowest BCUT2D eigenvalue weighted by Gasteiger charge is -2.06. The van der Waals surface area contributed by atoms with E-state index in [2.05, 4.69) is 30.1 Å². The third kappa shape index (κ3) is 4.33. The number of hydrogen-bond acceptors (Lipinski definition) is 4. The minimum absolute atomic E-state index is 0.0842. The second kappa shape index (κ2) is 7.62. The molecular formula is C18H20N2O2S. The lowest BCUT2D eigenvalue weighted by Crippen LogP contribution is -1.97. The summed E-state index contributed by atoms with van der Waals surface area (Å²) in [6, 6.07) is 9.39. The molecule has 0 aromatic heterocycles. The van der Waals surface area contributed by atoms with E-state index in [0.29, 0.717) is 4.90 Å². The van der Waals surface area contributed by atoms with Crippen LogP contribution in [-0.2, 0) is 15.3 Å². The van der Waals surface area contributed by atoms with Crippen molar-refractivity contribution >= 4 is 22.5 Å². The number of rotatable bonds is 5. The second-order valence-electron chi connectivity index (χ2n) is 5.39. The van der Waals surface area contributed by atoms with E-state index < -0.39 is 11.1 Å². The molecule has 0 N–H and O–H groups in total. The quantitative estimate of drug-likeness (QED) is 0.718. The van der Waals surface area contributed by atoms with Gasteiger partial charge in [0.15, 0.2) is 11.1 Å². The molecule has 2 radical (unpaired) electrons. The van der Waals surface area contributed by atoms with Crippen LogP contribution in [0.3, 0.4) is 0 Å². The predicted octanol–water partition coefficient (Wildman–Crippen LogP) is 5.09. The second-order valence-corrected chi connectivity index (χ2v) is 6.57. The zero-order valence-electron chi connectivity index (χ0n) is 13.8. The van der Waals surface area contributed by atoms with Crippen molar-refractivity contribution in [3.8, 4) is 0 Å². The Hall–Kier alpha value is -1.85. The van der Waals surface area contributed by atoms with Crippen molar-refractivity contribution in [2.75, 3.05) is 6.61 Å². The summed E-state index contributed by atoms with van der Waals surface area (Å²) in [5.41, 5.74) is 5.98. The maximum Gasteiger partial charge on any atom is 0.189 e. The number of nitrogens with zero attached hydrogens (tertiary/aromatic N) is 2. The fraction of sp³-hybridized carbons (Fsp3) is 0.278. The molecule has 0 aliphatic heterocycles. The molecule has 5 heteroatoms. The first-order valence-electron chi connectivity index (χ1n) is 7.27. The minimum Gasteiger partial charge on any atom is -0.286 e. The van der Waals surface area contributed by atoms with E-state index in [1.54, 1.807) is 18.2 Å². The van der Waals surface area contributed by atoms with Gasteiger partial charge in [-0.3, -0.25) is 4.18 Å². The summed E-state index contributed by atoms with van der Waals surface area (Å²) in [5, 5.41) is 8.66. The monoisotopic (exact) mass is 328 g/mol. The fourth-order valence-electron chi connectivity index (χ4n) is 2.13. The van der Waals surface area contributed by atoms with Crippen molar-refractivity contribution in [1.82, 2.24) is 0 Å². The van der Waals surface area contributed by atoms with Crippen molar-refractivity contribution in [3.05, 3.63) is 59.5 Å². The third-order valence-electron chi connectivity index (χ3n) is 3.61. The van der Waals surface area contributed by atoms with Gasteiger partial charge in [-0.25, -0.2) is 4.21 Å². The molecule has 0 heterocycles. The van der Waals surface area contributed by atoms with Crippen molar-refractivity contribution in [1.29, 1.82) is 0 Å². The summed E-state index contributed by atoms with van der Waals surface area (Å²) in [7, 11) is 0. The van der Waals surface area contributed by atoms with Crippen LogP contribution in [0.15, 0.2) is 45.5 Å². The third-order valence-corrected chi connectivity index (χ3v) is 4.60. The lowest BCUT2D eigenvalue weighted by atomic mass is 10.1. The highest BCUT2D eigenvalue weighted by molar-refractivity contribution is 7.80. The van der Waals surface area contributed by atoms with Gasteiger partial charge in [0.1, 0.15) is 0 Å². The Kier molecular flexibility index (Phi) is 5.80. The summed E-state index contributed by atoms with van der Waals surface area (Å²) in [5.74, 6) is 0. The molecule has 4 nitrogen and oxygen atoms in total. The molecule has 0 aliphatic rings. The van der Waals surface area contributed by atoms with Gasteiger partial charge in [-0.05, 0) is 81.1 Å². The molecule has 0 fully saturated rings. The van der Waals surface area contributed by atoms with Gasteiger partial charge in [0.25, 0.3) is 0 Å². The molecule has 2 aromatic rings. The Morgan fingerprint density at radius 1 is 0.913 bits per heavy atom. The molecule has 1 unspecified atom stereocenters. The zero-order valence-corrected chi connectivity index (χ0v) is 14.6. The predicted molar refractivity (Wildman–Crippen MR) is 92.7 cm³/mol. The number of hydrogen-bond donors (Lipinski definition) is 0. The van der Waals surface area contributed by atoms with Crippen LogP contribution in [0.25, 0.3) is 0 Å². The van der Waals surface area contributed by atoms with Gasteiger partial charge in [0, 0.05) is 0 Å². The highest BCUT2D eigenvalue weighted by Gasteiger charge is 2.07. The summed E-state index contributed by atoms with van der Waals surface area (Å²) in [6.45, 7) is 13.2. The van der Waals surface area contributed by atoms with Gasteiger partial charge in [-0.1, -0.05) is 6.07 Å². The molecule has 23 heavy (non-hydrogen) atoms. The largest absolute Gasteiger partial charge is 0.286 e. The first kappa shape index (κ1) is 17.5. The molecule has 1 atom stereocenters. The lowest BCUT2D eigenvalue weighted by molar-refractivity contribution is 0.393. The summed E-state index contributed by atoms with van der Waals surface area (Å²) in [6.07, 6.45) is 0. The minimum atomic E-state index is -1.55. The van der Waals surface area contributed by atoms with E-state index in [9.17, 15) is 4.21 Å². The smallest absolute Gasteiger partial charge is 0.189 e. The molecule has 0 spiro atoms. The molecule has 0 bridgehead atoms. The Morgan fingerprint density at radius 2 is 1.52 bits per heavy atom. The van der Waals surface area contributed by atoms with Gasteiger partial charge in [0.2, 0.25) is 0 Å². The molecular weight excluding hydrogens is 308 g/mol. The first-order valence-corrected chi connectivity index (χ1v) is 8.35. The van der Waals surface area contributed by atoms with Gasteiger partial charge in [-0.2, -0.15) is 10.2 Å². The topological polar surface area (TPSA) is 51.0 Å². The van der Waals surface area contributed by atoms with Crippen LogP contribution in [0.5, 0.6) is 0 Å². The van der Waals surface area contributed by atoms with E-state index >= 15 is 0 Å². The van der Waals surface area contributed by atoms with Crippen molar-refractivity contribution < 1.29 is 8.39 Å². The van der Waals surface area contributed by atoms with Crippen LogP contribution >= 0.6 is 0 Å². The van der Waals surface area contributed by atoms with Gasteiger partial charge >= 0.3 is 0 Å². The molecule has 2 aromatic carbocycles. The standard InChI is InChI=1S/C18H20N2O2S/c1-6-22-23(21)16-7-8-17(15(5)10-16)19-20-18-11-13(3)12(2)9-14(18)4/h1,7-11H,6H2,2-5H3. The molecule has 0 saturated carbocycles. The molecule has 0 aliphatic carbocycles. The Balaban J connectivity index is 2.27. The van der Waals surface area contributed by atoms with Crippen LogP contribution in [0.4, 0.5) is 11.4 Å². The molecule has 120 valence electrons. The molecule has 0 amide bonds. The molecule has 0 saturated heterocycles. The van der Waals surface area contributed by atoms with E-state index in [4.69, 9.17) is 11.1 Å². The fourth-order valence-corrected chi connectivity index (χ4v) is 2.85. The highest BCUT2D eigenvalue weighted by atomic mass is 32.2. The maximum absolute atomic E-state index is 11.8. The van der Waals surface area contributed by atoms with Crippen LogP contribution in [0.2, 0.25) is 0 Å². The number of azo groups is 1. The summed E-state index contributed by atoms with van der Waals surface area (Å²) >= 11 is -1.55. The van der Waals surface area contributed by atoms with Crippen LogP contribution in [0, 0.1) is 34.6 Å². The Bertz CT molecular complexity index is 770. The first-order chi connectivity index (χ1) is 10.9. The van der Waals surface area contributed by atoms with Crippen LogP contribution in [0.1, 0.15) is 22.3 Å². The van der Waals surface area contributed by atoms with Gasteiger partial charge in [0.05, 0.1) is 22.9 Å². The van der Waals surface area contributed by atoms with Crippen molar-refractivity contribution in [2.24, 2.45) is 10.2 Å². The van der Waals surface area contributed by atoms with Crippen LogP contribution < -0.4 is 0 Å². The van der Waals surface area contributed by atoms with E-state index in [1.165, 1.54) is 11.1 Å². The van der Waals surface area contributed by atoms with Gasteiger partial charge < -0.3 is 0 Å². The summed E-state index contributed by atoms with van der Waals surface area (Å²) < 4.78 is 16.6. The number of aryl methyl sites for hydroxylation is 4. The van der Waals surface area contributed by atoms with E-state index in [-0.39, 0.29) is 6.61 Å². The highest BCUT2D eigenvalue weighted by Crippen LogP contribution is 2.27. The van der Waals surface area contributed by atoms with E-state index in [1.807, 2.05) is 19.9 Å². The SMILES string of the molecule is [CH]COS(=O)c1ccc(N=Nc2cc(C)c(C)cc2C)c(C)c1. The van der Waals surface area contributed by atoms with Gasteiger partial charge in [-0.15, -0.1) is 0 Å². The molecule has 2 rings (SSSR count). The Labute approximate surface area is 140 Å². The zero-order chi connectivity index (χ0) is 17.0. The average Bonchev–Trinajstić information content (AvgIpc) is 2.50.